The maximum atomic E-state index is 13.3. The van der Waals surface area contributed by atoms with Crippen LogP contribution in [0.1, 0.15) is 57.6 Å². The molecule has 0 aromatic heterocycles. The van der Waals surface area contributed by atoms with Gasteiger partial charge >= 0.3 is 12.0 Å². The molecule has 0 bridgehead atoms. The molecule has 0 spiro atoms. The molecular weight excluding hydrogens is 352 g/mol. The van der Waals surface area contributed by atoms with Gasteiger partial charge in [-0.2, -0.15) is 0 Å². The van der Waals surface area contributed by atoms with E-state index in [1.807, 2.05) is 36.1 Å². The molecule has 142 valence electrons. The van der Waals surface area contributed by atoms with E-state index in [-0.39, 0.29) is 24.1 Å². The van der Waals surface area contributed by atoms with E-state index in [1.54, 1.807) is 11.8 Å². The minimum absolute atomic E-state index is 0.0447. The zero-order chi connectivity index (χ0) is 18.7. The quantitative estimate of drug-likeness (QED) is 0.689. The van der Waals surface area contributed by atoms with Crippen molar-refractivity contribution in [2.24, 2.45) is 0 Å². The van der Waals surface area contributed by atoms with Gasteiger partial charge in [-0.3, -0.25) is 0 Å². The van der Waals surface area contributed by atoms with Crippen molar-refractivity contribution in [1.29, 1.82) is 0 Å². The van der Waals surface area contributed by atoms with Crippen LogP contribution < -0.4 is 0 Å². The number of carbonyl (C=O) groups is 2. The van der Waals surface area contributed by atoms with E-state index in [4.69, 9.17) is 16.3 Å². The van der Waals surface area contributed by atoms with Gasteiger partial charge in [-0.25, -0.2) is 9.59 Å². The van der Waals surface area contributed by atoms with E-state index in [2.05, 4.69) is 0 Å². The monoisotopic (exact) mass is 378 g/mol. The number of rotatable bonds is 6. The largest absolute Gasteiger partial charge is 0.464 e. The fraction of sp³-hybridized carbons (Fsp3) is 0.600. The third-order valence-corrected chi connectivity index (χ3v) is 5.58. The normalized spacial score (nSPS) is 23.7. The first-order chi connectivity index (χ1) is 12.6. The first-order valence-electron chi connectivity index (χ1n) is 9.59. The molecule has 2 aliphatic rings. The summed E-state index contributed by atoms with van der Waals surface area (Å²) in [7, 11) is 0. The number of hydrogen-bond acceptors (Lipinski definition) is 3. The van der Waals surface area contributed by atoms with Crippen molar-refractivity contribution in [2.75, 3.05) is 13.2 Å². The molecular formula is C20H27ClN2O3. The summed E-state index contributed by atoms with van der Waals surface area (Å²) in [6, 6.07) is 6.58. The van der Waals surface area contributed by atoms with Gasteiger partial charge in [-0.1, -0.05) is 43.5 Å². The van der Waals surface area contributed by atoms with E-state index in [1.165, 1.54) is 0 Å². The van der Waals surface area contributed by atoms with Gasteiger partial charge in [0.25, 0.3) is 0 Å². The fourth-order valence-electron chi connectivity index (χ4n) is 4.24. The predicted octanol–water partition coefficient (Wildman–Crippen LogP) is 4.40. The number of carbonyl (C=O) groups excluding carboxylic acids is 2. The zero-order valence-corrected chi connectivity index (χ0v) is 16.2. The van der Waals surface area contributed by atoms with Crippen LogP contribution in [0, 0.1) is 0 Å². The summed E-state index contributed by atoms with van der Waals surface area (Å²) in [4.78, 5) is 29.8. The molecule has 1 aliphatic carbocycles. The second-order valence-corrected chi connectivity index (χ2v) is 7.45. The second kappa shape index (κ2) is 8.30. The Kier molecular flexibility index (Phi) is 6.07. The highest BCUT2D eigenvalue weighted by molar-refractivity contribution is 6.30. The average molecular weight is 379 g/mol. The Labute approximate surface area is 160 Å². The van der Waals surface area contributed by atoms with Crippen LogP contribution in [-0.4, -0.2) is 47.0 Å². The maximum Gasteiger partial charge on any atom is 0.331 e. The number of esters is 1. The highest BCUT2D eigenvalue weighted by Gasteiger charge is 2.53. The molecule has 0 N–H and O–H groups in total. The number of ether oxygens (including phenoxy) is 1. The van der Waals surface area contributed by atoms with Crippen molar-refractivity contribution >= 4 is 23.6 Å². The van der Waals surface area contributed by atoms with Crippen LogP contribution in [0.4, 0.5) is 4.79 Å². The first-order valence-corrected chi connectivity index (χ1v) is 9.97. The van der Waals surface area contributed by atoms with Crippen LogP contribution in [0.2, 0.25) is 5.02 Å². The van der Waals surface area contributed by atoms with Gasteiger partial charge in [0.05, 0.1) is 12.6 Å². The average Bonchev–Trinajstić information content (AvgIpc) is 3.23. The van der Waals surface area contributed by atoms with E-state index in [9.17, 15) is 9.59 Å². The molecule has 0 radical (unpaired) electrons. The smallest absolute Gasteiger partial charge is 0.331 e. The third kappa shape index (κ3) is 3.54. The Morgan fingerprint density at radius 1 is 1.19 bits per heavy atom. The summed E-state index contributed by atoms with van der Waals surface area (Å²) in [6.07, 6.45) is 4.94. The molecule has 3 rings (SSSR count). The van der Waals surface area contributed by atoms with E-state index in [0.717, 1.165) is 37.7 Å². The lowest BCUT2D eigenvalue weighted by Crippen LogP contribution is -2.46. The van der Waals surface area contributed by atoms with Crippen LogP contribution in [0.5, 0.6) is 0 Å². The maximum absolute atomic E-state index is 13.3. The van der Waals surface area contributed by atoms with E-state index >= 15 is 0 Å². The van der Waals surface area contributed by atoms with Crippen LogP contribution in [0.25, 0.3) is 0 Å². The third-order valence-electron chi connectivity index (χ3n) is 5.32. The summed E-state index contributed by atoms with van der Waals surface area (Å²) >= 11 is 6.04. The molecule has 1 aromatic carbocycles. The number of amides is 2. The lowest BCUT2D eigenvalue weighted by Gasteiger charge is -2.29. The van der Waals surface area contributed by atoms with Crippen LogP contribution in [-0.2, 0) is 9.53 Å². The standard InChI is InChI=1S/C20H27ClN2O3/c1-3-13-22-17(14-9-11-15(21)12-10-14)18(19(24)26-4-2)23(20(22)25)16-7-5-6-8-16/h9-12,16-18H,3-8,13H2,1-2H3/t17-,18+/m0/s1. The number of halogens is 1. The Morgan fingerprint density at radius 2 is 1.85 bits per heavy atom. The van der Waals surface area contributed by atoms with Gasteiger partial charge < -0.3 is 14.5 Å². The molecule has 1 aliphatic heterocycles. The minimum atomic E-state index is -0.599. The molecule has 1 saturated heterocycles. The molecule has 0 unspecified atom stereocenters. The minimum Gasteiger partial charge on any atom is -0.464 e. The topological polar surface area (TPSA) is 49.9 Å². The molecule has 1 aromatic rings. The Bertz CT molecular complexity index is 643. The van der Waals surface area contributed by atoms with Crippen molar-refractivity contribution in [3.05, 3.63) is 34.9 Å². The Hall–Kier alpha value is -1.75. The fourth-order valence-corrected chi connectivity index (χ4v) is 4.37. The van der Waals surface area contributed by atoms with Crippen LogP contribution in [0.3, 0.4) is 0 Å². The van der Waals surface area contributed by atoms with E-state index < -0.39 is 6.04 Å². The SMILES string of the molecule is CCCN1C(=O)N(C2CCCC2)[C@@H](C(=O)OCC)[C@@H]1c1ccc(Cl)cc1. The molecule has 2 atom stereocenters. The predicted molar refractivity (Wildman–Crippen MR) is 101 cm³/mol. The summed E-state index contributed by atoms with van der Waals surface area (Å²) in [5.74, 6) is -0.314. The number of nitrogens with zero attached hydrogens (tertiary/aromatic N) is 2. The van der Waals surface area contributed by atoms with Crippen LogP contribution >= 0.6 is 11.6 Å². The van der Waals surface area contributed by atoms with Gasteiger partial charge in [0, 0.05) is 17.6 Å². The van der Waals surface area contributed by atoms with E-state index in [0.29, 0.717) is 18.2 Å². The van der Waals surface area contributed by atoms with Gasteiger partial charge in [-0.15, -0.1) is 0 Å². The number of hydrogen-bond donors (Lipinski definition) is 0. The summed E-state index contributed by atoms with van der Waals surface area (Å²) in [5, 5.41) is 0.639. The van der Waals surface area contributed by atoms with Crippen molar-refractivity contribution in [1.82, 2.24) is 9.80 Å². The summed E-state index contributed by atoms with van der Waals surface area (Å²) in [5.41, 5.74) is 0.926. The first kappa shape index (κ1) is 19.0. The van der Waals surface area contributed by atoms with Gasteiger partial charge in [0.2, 0.25) is 0 Å². The second-order valence-electron chi connectivity index (χ2n) is 7.01. The van der Waals surface area contributed by atoms with Crippen molar-refractivity contribution in [2.45, 2.75) is 64.1 Å². The number of urea groups is 1. The number of benzene rings is 1. The Morgan fingerprint density at radius 3 is 2.42 bits per heavy atom. The van der Waals surface area contributed by atoms with Gasteiger partial charge in [0.1, 0.15) is 0 Å². The lowest BCUT2D eigenvalue weighted by molar-refractivity contribution is -0.149. The van der Waals surface area contributed by atoms with Crippen LogP contribution in [0.15, 0.2) is 24.3 Å². The van der Waals surface area contributed by atoms with Gasteiger partial charge in [0.15, 0.2) is 6.04 Å². The highest BCUT2D eigenvalue weighted by atomic mass is 35.5. The molecule has 2 amide bonds. The summed E-state index contributed by atoms with van der Waals surface area (Å²) < 4.78 is 5.38. The van der Waals surface area contributed by atoms with Crippen molar-refractivity contribution in [3.63, 3.8) is 0 Å². The molecule has 5 nitrogen and oxygen atoms in total. The molecule has 1 heterocycles. The zero-order valence-electron chi connectivity index (χ0n) is 15.5. The Balaban J connectivity index is 2.03. The highest BCUT2D eigenvalue weighted by Crippen LogP contribution is 2.40. The molecule has 2 fully saturated rings. The summed E-state index contributed by atoms with van der Waals surface area (Å²) in [6.45, 7) is 4.77. The van der Waals surface area contributed by atoms with Gasteiger partial charge in [-0.05, 0) is 43.9 Å². The van der Waals surface area contributed by atoms with Crippen molar-refractivity contribution in [3.8, 4) is 0 Å². The van der Waals surface area contributed by atoms with Crippen molar-refractivity contribution < 1.29 is 14.3 Å². The molecule has 26 heavy (non-hydrogen) atoms. The molecule has 6 heteroatoms. The molecule has 1 saturated carbocycles. The lowest BCUT2D eigenvalue weighted by atomic mass is 9.97.